The van der Waals surface area contributed by atoms with E-state index in [2.05, 4.69) is 38.5 Å². The summed E-state index contributed by atoms with van der Waals surface area (Å²) in [5.41, 5.74) is 0. The number of carboxylic acids is 2. The van der Waals surface area contributed by atoms with Crippen LogP contribution in [0.3, 0.4) is 0 Å². The molecule has 138 valence electrons. The molecule has 2 N–H and O–H groups in total. The van der Waals surface area contributed by atoms with E-state index in [1.807, 2.05) is 0 Å². The van der Waals surface area contributed by atoms with Gasteiger partial charge in [0.15, 0.2) is 0 Å². The van der Waals surface area contributed by atoms with Crippen LogP contribution < -0.4 is 0 Å². The summed E-state index contributed by atoms with van der Waals surface area (Å²) in [7, 11) is 0. The van der Waals surface area contributed by atoms with Gasteiger partial charge in [0.1, 0.15) is 6.42 Å². The average Bonchev–Trinajstić information content (AvgIpc) is 2.47. The number of carboxylic acid groups (broad SMARTS) is 2. The molecule has 24 heavy (non-hydrogen) atoms. The predicted molar refractivity (Wildman–Crippen MR) is 101 cm³/mol. The van der Waals surface area contributed by atoms with Crippen molar-refractivity contribution >= 4 is 29.7 Å². The Bertz CT molecular complexity index is 304. The number of rotatable bonds is 14. The fourth-order valence-electron chi connectivity index (χ4n) is 2.65. The molecule has 0 aliphatic carbocycles. The minimum absolute atomic E-state index is 0.595. The fraction of sp³-hybridized carbons (Fsp3) is 0.895. The zero-order chi connectivity index (χ0) is 18.8. The van der Waals surface area contributed by atoms with Gasteiger partial charge in [0.05, 0.1) is 0 Å². The first-order chi connectivity index (χ1) is 11.2. The first-order valence-electron chi connectivity index (χ1n) is 9.68. The van der Waals surface area contributed by atoms with Crippen molar-refractivity contribution in [3.63, 3.8) is 0 Å². The van der Waals surface area contributed by atoms with E-state index < -0.39 is 18.4 Å². The first-order valence-corrected chi connectivity index (χ1v) is 9.68. The van der Waals surface area contributed by atoms with E-state index in [9.17, 15) is 9.59 Å². The maximum absolute atomic E-state index is 9.43. The van der Waals surface area contributed by atoms with Crippen LogP contribution in [0.25, 0.3) is 0 Å². The second kappa shape index (κ2) is 17.4. The van der Waals surface area contributed by atoms with Gasteiger partial charge in [-0.2, -0.15) is 0 Å². The van der Waals surface area contributed by atoms with E-state index in [1.54, 1.807) is 0 Å². The molecule has 0 radical (unpaired) electrons. The van der Waals surface area contributed by atoms with Crippen molar-refractivity contribution in [2.75, 3.05) is 0 Å². The summed E-state index contributed by atoms with van der Waals surface area (Å²) in [6.07, 6.45) is 16.4. The molecule has 0 rings (SSSR count). The van der Waals surface area contributed by atoms with Crippen molar-refractivity contribution in [3.8, 4) is 0 Å². The number of hydrogen-bond acceptors (Lipinski definition) is 2. The molecule has 4 nitrogen and oxygen atoms in total. The summed E-state index contributed by atoms with van der Waals surface area (Å²) in [5.74, 6) is -2.62. The molecular formula is C19H37LiO4. The molecule has 0 aromatic heterocycles. The van der Waals surface area contributed by atoms with Crippen LogP contribution in [0.2, 0.25) is 4.09 Å². The number of hydrogen-bond donors (Lipinski definition) is 2. The van der Waals surface area contributed by atoms with Gasteiger partial charge in [-0.1, -0.05) is 0 Å². The van der Waals surface area contributed by atoms with Crippen LogP contribution in [-0.2, 0) is 9.59 Å². The van der Waals surface area contributed by atoms with Crippen molar-refractivity contribution in [3.05, 3.63) is 0 Å². The Labute approximate surface area is 158 Å². The summed E-state index contributed by atoms with van der Waals surface area (Å²) < 4.78 is 0.595. The van der Waals surface area contributed by atoms with Gasteiger partial charge in [0.25, 0.3) is 0 Å². The number of unbranched alkanes of at least 4 members (excludes halogenated alkanes) is 8. The Kier molecular flexibility index (Phi) is 18.6. The van der Waals surface area contributed by atoms with Crippen LogP contribution in [0.5, 0.6) is 0 Å². The Morgan fingerprint density at radius 2 is 1.12 bits per heavy atom. The molecule has 1 atom stereocenters. The summed E-state index contributed by atoms with van der Waals surface area (Å²) in [4.78, 5) is 18.9. The van der Waals surface area contributed by atoms with E-state index in [1.165, 1.54) is 77.0 Å². The molecule has 0 saturated heterocycles. The first kappa shape index (κ1) is 25.8. The molecule has 0 spiro atoms. The van der Waals surface area contributed by atoms with Gasteiger partial charge >= 0.3 is 132 Å². The molecule has 0 amide bonds. The van der Waals surface area contributed by atoms with Gasteiger partial charge < -0.3 is 10.2 Å². The average molecular weight is 336 g/mol. The van der Waals surface area contributed by atoms with Crippen molar-refractivity contribution in [2.45, 2.75) is 108 Å². The summed E-state index contributed by atoms with van der Waals surface area (Å²) >= 11 is 2.45. The second-order valence-electron chi connectivity index (χ2n) is 7.46. The molecule has 1 unspecified atom stereocenters. The van der Waals surface area contributed by atoms with Gasteiger partial charge in [0.2, 0.25) is 0 Å². The van der Waals surface area contributed by atoms with Gasteiger partial charge in [-0.05, 0) is 0 Å². The topological polar surface area (TPSA) is 74.6 Å². The van der Waals surface area contributed by atoms with Crippen LogP contribution >= 0.6 is 0 Å². The Hall–Kier alpha value is -0.463. The van der Waals surface area contributed by atoms with Crippen molar-refractivity contribution < 1.29 is 19.8 Å². The molecule has 0 aliphatic rings. The normalized spacial score (nSPS) is 12.9. The van der Waals surface area contributed by atoms with E-state index >= 15 is 0 Å². The van der Waals surface area contributed by atoms with E-state index in [-0.39, 0.29) is 0 Å². The molecule has 0 saturated carbocycles. The van der Waals surface area contributed by atoms with Crippen molar-refractivity contribution in [1.29, 1.82) is 0 Å². The van der Waals surface area contributed by atoms with Gasteiger partial charge in [-0.25, -0.2) is 0 Å². The van der Waals surface area contributed by atoms with E-state index in [0.29, 0.717) is 4.09 Å². The third kappa shape index (κ3) is 23.8. The van der Waals surface area contributed by atoms with Gasteiger partial charge in [-0.3, -0.25) is 9.59 Å². The zero-order valence-electron chi connectivity index (χ0n) is 16.4. The molecular weight excluding hydrogens is 299 g/mol. The SMILES string of the molecule is O=C(O)CC(=O)O.[Li][C](C)(CCCC)CCCCCCCCCC. The molecule has 0 bridgehead atoms. The standard InChI is InChI=1S/C16H33.C3H4O4.Li/c1-4-6-8-9-10-11-12-13-15-16(3)14-7-5-2;4-2(5)1-3(6)7;/h4-15H2,1-3H3;1H2,(H,4,5)(H,6,7);. The Morgan fingerprint density at radius 1 is 0.750 bits per heavy atom. The number of aliphatic carboxylic acids is 2. The van der Waals surface area contributed by atoms with Crippen LogP contribution in [-0.4, -0.2) is 39.9 Å². The summed E-state index contributed by atoms with van der Waals surface area (Å²) in [6, 6.07) is 0. The maximum atomic E-state index is 9.43. The molecule has 0 aliphatic heterocycles. The summed E-state index contributed by atoms with van der Waals surface area (Å²) in [5, 5.41) is 15.4. The van der Waals surface area contributed by atoms with Gasteiger partial charge in [0, 0.05) is 0 Å². The van der Waals surface area contributed by atoms with Crippen LogP contribution in [0.4, 0.5) is 0 Å². The fourth-order valence-corrected chi connectivity index (χ4v) is 2.65. The number of carbonyl (C=O) groups is 2. The molecule has 0 fully saturated rings. The minimum atomic E-state index is -1.31. The quantitative estimate of drug-likeness (QED) is 0.246. The molecule has 0 heterocycles. The monoisotopic (exact) mass is 336 g/mol. The Morgan fingerprint density at radius 3 is 1.50 bits per heavy atom. The predicted octanol–water partition coefficient (Wildman–Crippen LogP) is 5.60. The van der Waals surface area contributed by atoms with Crippen LogP contribution in [0.1, 0.15) is 104 Å². The van der Waals surface area contributed by atoms with Gasteiger partial charge in [-0.15, -0.1) is 0 Å². The van der Waals surface area contributed by atoms with E-state index in [4.69, 9.17) is 10.2 Å². The second-order valence-corrected chi connectivity index (χ2v) is 7.46. The van der Waals surface area contributed by atoms with Crippen LogP contribution in [0, 0.1) is 0 Å². The van der Waals surface area contributed by atoms with Crippen LogP contribution in [0.15, 0.2) is 0 Å². The van der Waals surface area contributed by atoms with Crippen molar-refractivity contribution in [2.24, 2.45) is 0 Å². The molecule has 0 aromatic carbocycles. The third-order valence-electron chi connectivity index (χ3n) is 4.22. The molecule has 5 heteroatoms. The molecule has 0 aromatic rings. The summed E-state index contributed by atoms with van der Waals surface area (Å²) in [6.45, 7) is 7.04. The van der Waals surface area contributed by atoms with Crippen molar-refractivity contribution in [1.82, 2.24) is 0 Å². The zero-order valence-corrected chi connectivity index (χ0v) is 16.4. The Balaban J connectivity index is 0. The van der Waals surface area contributed by atoms with E-state index in [0.717, 1.165) is 0 Å². The third-order valence-corrected chi connectivity index (χ3v) is 4.22.